The number of hydrogen-bond acceptors (Lipinski definition) is 4. The third-order valence-electron chi connectivity index (χ3n) is 4.13. The van der Waals surface area contributed by atoms with Crippen LogP contribution in [0.2, 0.25) is 0 Å². The van der Waals surface area contributed by atoms with Crippen LogP contribution in [0.1, 0.15) is 44.4 Å². The second-order valence-corrected chi connectivity index (χ2v) is 10.1. The lowest BCUT2D eigenvalue weighted by atomic mass is 10.0. The van der Waals surface area contributed by atoms with Gasteiger partial charge in [0.15, 0.2) is 9.84 Å². The van der Waals surface area contributed by atoms with Crippen LogP contribution in [0.4, 0.5) is 5.69 Å². The van der Waals surface area contributed by atoms with E-state index < -0.39 is 14.6 Å². The highest BCUT2D eigenvalue weighted by Crippen LogP contribution is 2.22. The summed E-state index contributed by atoms with van der Waals surface area (Å²) in [6.07, 6.45) is 0.147. The highest BCUT2D eigenvalue weighted by molar-refractivity contribution is 7.91. The van der Waals surface area contributed by atoms with Crippen LogP contribution < -0.4 is 11.1 Å². The summed E-state index contributed by atoms with van der Waals surface area (Å²) in [6, 6.07) is 15.9. The van der Waals surface area contributed by atoms with Crippen molar-refractivity contribution in [3.8, 4) is 0 Å². The number of halogens is 1. The number of carbonyl (C=O) groups is 1. The zero-order chi connectivity index (χ0) is 19.4. The third-order valence-corrected chi connectivity index (χ3v) is 6.71. The van der Waals surface area contributed by atoms with Crippen LogP contribution in [0.25, 0.3) is 0 Å². The van der Waals surface area contributed by atoms with Crippen LogP contribution in [0.5, 0.6) is 0 Å². The Morgan fingerprint density at radius 1 is 1.07 bits per heavy atom. The first-order chi connectivity index (χ1) is 12.1. The zero-order valence-electron chi connectivity index (χ0n) is 15.8. The van der Waals surface area contributed by atoms with E-state index in [0.29, 0.717) is 11.3 Å². The number of benzene rings is 2. The van der Waals surface area contributed by atoms with Crippen LogP contribution in [0.15, 0.2) is 54.6 Å². The molecular formula is C20H27ClN2O3S. The zero-order valence-corrected chi connectivity index (χ0v) is 17.4. The molecule has 0 fully saturated rings. The maximum Gasteiger partial charge on any atom is 0.226 e. The first-order valence-electron chi connectivity index (χ1n) is 8.50. The summed E-state index contributed by atoms with van der Waals surface area (Å²) in [4.78, 5) is 12.2. The summed E-state index contributed by atoms with van der Waals surface area (Å²) in [5.74, 6) is -0.277. The van der Waals surface area contributed by atoms with Crippen molar-refractivity contribution in [2.75, 3.05) is 5.32 Å². The molecule has 2 aromatic rings. The number of sulfone groups is 1. The molecule has 2 aromatic carbocycles. The quantitative estimate of drug-likeness (QED) is 0.756. The molecule has 0 spiro atoms. The monoisotopic (exact) mass is 410 g/mol. The molecular weight excluding hydrogens is 384 g/mol. The standard InChI is InChI=1S/C20H26N2O3S.ClH/c1-20(2,3)26(24,25)14-15-8-7-11-17(12-15)22-19(23)13-18(21)16-9-5-4-6-10-16;/h4-12,18H,13-14,21H2,1-3H3,(H,22,23);1H. The van der Waals surface area contributed by atoms with Gasteiger partial charge in [-0.1, -0.05) is 42.5 Å². The van der Waals surface area contributed by atoms with Crippen molar-refractivity contribution < 1.29 is 13.2 Å². The fraction of sp³-hybridized carbons (Fsp3) is 0.350. The summed E-state index contributed by atoms with van der Waals surface area (Å²) in [5.41, 5.74) is 8.18. The van der Waals surface area contributed by atoms with Crippen molar-refractivity contribution in [3.63, 3.8) is 0 Å². The van der Waals surface area contributed by atoms with E-state index in [9.17, 15) is 13.2 Å². The summed E-state index contributed by atoms with van der Waals surface area (Å²) < 4.78 is 23.9. The van der Waals surface area contributed by atoms with E-state index in [-0.39, 0.29) is 36.5 Å². The topological polar surface area (TPSA) is 89.3 Å². The first-order valence-corrected chi connectivity index (χ1v) is 10.2. The predicted molar refractivity (Wildman–Crippen MR) is 113 cm³/mol. The minimum Gasteiger partial charge on any atom is -0.326 e. The van der Waals surface area contributed by atoms with Gasteiger partial charge >= 0.3 is 0 Å². The fourth-order valence-electron chi connectivity index (χ4n) is 2.40. The van der Waals surface area contributed by atoms with Gasteiger partial charge in [0.2, 0.25) is 5.91 Å². The maximum atomic E-state index is 12.4. The van der Waals surface area contributed by atoms with Gasteiger partial charge in [-0.25, -0.2) is 8.42 Å². The Morgan fingerprint density at radius 2 is 1.70 bits per heavy atom. The molecule has 0 aliphatic carbocycles. The van der Waals surface area contributed by atoms with E-state index in [2.05, 4.69) is 5.32 Å². The Labute approximate surface area is 167 Å². The van der Waals surface area contributed by atoms with Gasteiger partial charge in [-0.15, -0.1) is 12.4 Å². The van der Waals surface area contributed by atoms with E-state index in [0.717, 1.165) is 5.56 Å². The summed E-state index contributed by atoms with van der Waals surface area (Å²) in [7, 11) is -3.28. The van der Waals surface area contributed by atoms with Gasteiger partial charge in [0.25, 0.3) is 0 Å². The molecule has 0 radical (unpaired) electrons. The SMILES string of the molecule is CC(C)(C)S(=O)(=O)Cc1cccc(NC(=O)CC(N)c2ccccc2)c1.Cl. The number of nitrogens with two attached hydrogens (primary N) is 1. The van der Waals surface area contributed by atoms with Crippen molar-refractivity contribution >= 4 is 33.8 Å². The Hall–Kier alpha value is -1.89. The van der Waals surface area contributed by atoms with E-state index in [1.165, 1.54) is 0 Å². The van der Waals surface area contributed by atoms with Gasteiger partial charge in [-0.2, -0.15) is 0 Å². The van der Waals surface area contributed by atoms with Crippen LogP contribution in [0.3, 0.4) is 0 Å². The van der Waals surface area contributed by atoms with Gasteiger partial charge in [-0.05, 0) is 44.0 Å². The average molecular weight is 411 g/mol. The molecule has 1 atom stereocenters. The van der Waals surface area contributed by atoms with Crippen LogP contribution in [-0.2, 0) is 20.4 Å². The van der Waals surface area contributed by atoms with Crippen molar-refractivity contribution in [3.05, 3.63) is 65.7 Å². The Bertz CT molecular complexity index is 862. The number of carbonyl (C=O) groups excluding carboxylic acids is 1. The largest absolute Gasteiger partial charge is 0.326 e. The van der Waals surface area contributed by atoms with Crippen molar-refractivity contribution in [2.24, 2.45) is 5.73 Å². The van der Waals surface area contributed by atoms with E-state index in [4.69, 9.17) is 5.73 Å². The molecule has 0 saturated heterocycles. The molecule has 0 bridgehead atoms. The molecule has 7 heteroatoms. The number of amides is 1. The second kappa shape index (κ2) is 9.35. The third kappa shape index (κ3) is 6.65. The first kappa shape index (κ1) is 23.1. The minimum absolute atomic E-state index is 0. The fourth-order valence-corrected chi connectivity index (χ4v) is 3.46. The molecule has 0 saturated carbocycles. The van der Waals surface area contributed by atoms with Gasteiger partial charge < -0.3 is 11.1 Å². The van der Waals surface area contributed by atoms with E-state index >= 15 is 0 Å². The van der Waals surface area contributed by atoms with Crippen LogP contribution >= 0.6 is 12.4 Å². The minimum atomic E-state index is -3.28. The molecule has 1 amide bonds. The van der Waals surface area contributed by atoms with Crippen molar-refractivity contribution in [1.29, 1.82) is 0 Å². The average Bonchev–Trinajstić information content (AvgIpc) is 2.54. The molecule has 1 unspecified atom stereocenters. The van der Waals surface area contributed by atoms with Gasteiger partial charge in [0, 0.05) is 18.2 Å². The van der Waals surface area contributed by atoms with Crippen molar-refractivity contribution in [1.82, 2.24) is 0 Å². The molecule has 27 heavy (non-hydrogen) atoms. The molecule has 0 aromatic heterocycles. The van der Waals surface area contributed by atoms with Gasteiger partial charge in [0.1, 0.15) is 0 Å². The smallest absolute Gasteiger partial charge is 0.226 e. The lowest BCUT2D eigenvalue weighted by molar-refractivity contribution is -0.116. The van der Waals surface area contributed by atoms with Gasteiger partial charge in [-0.3, -0.25) is 4.79 Å². The lowest BCUT2D eigenvalue weighted by Gasteiger charge is -2.19. The molecule has 148 valence electrons. The summed E-state index contributed by atoms with van der Waals surface area (Å²) >= 11 is 0. The normalized spacial score (nSPS) is 12.7. The maximum absolute atomic E-state index is 12.4. The molecule has 0 heterocycles. The number of nitrogens with one attached hydrogen (secondary N) is 1. The van der Waals surface area contributed by atoms with Crippen LogP contribution in [0, 0.1) is 0 Å². The highest BCUT2D eigenvalue weighted by Gasteiger charge is 2.29. The molecule has 5 nitrogen and oxygen atoms in total. The van der Waals surface area contributed by atoms with Crippen molar-refractivity contribution in [2.45, 2.75) is 43.7 Å². The van der Waals surface area contributed by atoms with E-state index in [1.807, 2.05) is 30.3 Å². The van der Waals surface area contributed by atoms with Gasteiger partial charge in [0.05, 0.1) is 10.5 Å². The Kier molecular flexibility index (Phi) is 8.02. The molecule has 2 rings (SSSR count). The summed E-state index contributed by atoms with van der Waals surface area (Å²) in [6.45, 7) is 5.04. The Balaban J connectivity index is 0.00000364. The number of rotatable bonds is 6. The molecule has 0 aliphatic rings. The number of anilines is 1. The number of hydrogen-bond donors (Lipinski definition) is 2. The summed E-state index contributed by atoms with van der Waals surface area (Å²) in [5, 5.41) is 2.79. The van der Waals surface area contributed by atoms with Crippen LogP contribution in [-0.4, -0.2) is 19.1 Å². The van der Waals surface area contributed by atoms with E-state index in [1.54, 1.807) is 45.0 Å². The Morgan fingerprint density at radius 3 is 2.30 bits per heavy atom. The lowest BCUT2D eigenvalue weighted by Crippen LogP contribution is -2.29. The predicted octanol–water partition coefficient (Wildman–Crippen LogP) is 3.85. The highest BCUT2D eigenvalue weighted by atomic mass is 35.5. The molecule has 0 aliphatic heterocycles. The molecule has 3 N–H and O–H groups in total. The second-order valence-electron chi connectivity index (χ2n) is 7.34.